The highest BCUT2D eigenvalue weighted by Gasteiger charge is 2.39. The fourth-order valence-corrected chi connectivity index (χ4v) is 1.93. The zero-order chi connectivity index (χ0) is 12.9. The molecule has 0 saturated heterocycles. The predicted octanol–water partition coefficient (Wildman–Crippen LogP) is 0.747. The number of ether oxygens (including phenoxy) is 1. The molecule has 0 aliphatic heterocycles. The molecule has 0 saturated carbocycles. The van der Waals surface area contributed by atoms with Crippen LogP contribution in [0.2, 0.25) is 0 Å². The molecule has 0 bridgehead atoms. The van der Waals surface area contributed by atoms with E-state index in [9.17, 15) is 4.79 Å². The van der Waals surface area contributed by atoms with E-state index in [1.54, 1.807) is 0 Å². The lowest BCUT2D eigenvalue weighted by atomic mass is 9.77. The van der Waals surface area contributed by atoms with E-state index in [0.29, 0.717) is 0 Å². The summed E-state index contributed by atoms with van der Waals surface area (Å²) in [5.41, 5.74) is 6.67. The molecule has 4 heteroatoms. The summed E-state index contributed by atoms with van der Waals surface area (Å²) < 4.78 is 4.81. The Morgan fingerprint density at radius 1 is 1.41 bits per heavy atom. The summed E-state index contributed by atoms with van der Waals surface area (Å²) in [6, 6.07) is 7.55. The molecule has 0 spiro atoms. The average Bonchev–Trinajstić information content (AvgIpc) is 2.36. The van der Waals surface area contributed by atoms with Crippen molar-refractivity contribution in [2.75, 3.05) is 20.3 Å². The van der Waals surface area contributed by atoms with Crippen molar-refractivity contribution < 1.29 is 14.6 Å². The number of benzene rings is 1. The predicted molar refractivity (Wildman–Crippen MR) is 65.6 cm³/mol. The monoisotopic (exact) mass is 237 g/mol. The molecule has 0 aliphatic rings. The number of carbonyl (C=O) groups excluding carboxylic acids is 1. The zero-order valence-electron chi connectivity index (χ0n) is 10.3. The fraction of sp³-hybridized carbons (Fsp3) is 0.462. The Balaban J connectivity index is 3.20. The molecule has 0 radical (unpaired) electrons. The van der Waals surface area contributed by atoms with Gasteiger partial charge >= 0.3 is 5.97 Å². The van der Waals surface area contributed by atoms with Crippen molar-refractivity contribution in [1.82, 2.24) is 0 Å². The molecular weight excluding hydrogens is 218 g/mol. The Labute approximate surface area is 101 Å². The Hall–Kier alpha value is -1.39. The van der Waals surface area contributed by atoms with E-state index in [1.807, 2.05) is 31.2 Å². The molecule has 94 valence electrons. The topological polar surface area (TPSA) is 72.5 Å². The third-order valence-electron chi connectivity index (χ3n) is 3.07. The second kappa shape index (κ2) is 5.80. The number of rotatable bonds is 5. The summed E-state index contributed by atoms with van der Waals surface area (Å²) in [6.07, 6.45) is 0.263. The molecule has 1 rings (SSSR count). The normalized spacial score (nSPS) is 14.1. The highest BCUT2D eigenvalue weighted by atomic mass is 16.5. The van der Waals surface area contributed by atoms with Gasteiger partial charge in [0.1, 0.15) is 5.41 Å². The summed E-state index contributed by atoms with van der Waals surface area (Å²) in [7, 11) is 1.33. The molecule has 0 aromatic heterocycles. The number of aryl methyl sites for hydroxylation is 1. The van der Waals surface area contributed by atoms with Crippen molar-refractivity contribution in [3.8, 4) is 0 Å². The van der Waals surface area contributed by atoms with E-state index in [1.165, 1.54) is 7.11 Å². The Bertz CT molecular complexity index is 375. The van der Waals surface area contributed by atoms with Crippen LogP contribution in [-0.4, -0.2) is 31.3 Å². The molecular formula is C13H19NO3. The number of aliphatic hydroxyl groups is 1. The van der Waals surface area contributed by atoms with Gasteiger partial charge in [-0.05, 0) is 18.9 Å². The van der Waals surface area contributed by atoms with Gasteiger partial charge in [-0.1, -0.05) is 29.8 Å². The van der Waals surface area contributed by atoms with Crippen LogP contribution in [-0.2, 0) is 14.9 Å². The summed E-state index contributed by atoms with van der Waals surface area (Å²) in [4.78, 5) is 11.9. The molecule has 1 unspecified atom stereocenters. The van der Waals surface area contributed by atoms with E-state index in [2.05, 4.69) is 0 Å². The minimum atomic E-state index is -0.947. The van der Waals surface area contributed by atoms with Crippen LogP contribution in [0.5, 0.6) is 0 Å². The van der Waals surface area contributed by atoms with Crippen LogP contribution in [0, 0.1) is 6.92 Å². The average molecular weight is 237 g/mol. The van der Waals surface area contributed by atoms with Crippen LogP contribution >= 0.6 is 0 Å². The molecule has 17 heavy (non-hydrogen) atoms. The molecule has 1 aromatic rings. The summed E-state index contributed by atoms with van der Waals surface area (Å²) in [5, 5.41) is 9.13. The SMILES string of the molecule is COC(=O)C(CN)(CCO)c1ccc(C)cc1. The first-order valence-corrected chi connectivity index (χ1v) is 5.57. The van der Waals surface area contributed by atoms with Gasteiger partial charge in [-0.2, -0.15) is 0 Å². The van der Waals surface area contributed by atoms with Crippen molar-refractivity contribution >= 4 is 5.97 Å². The molecule has 1 aromatic carbocycles. The molecule has 1 atom stereocenters. The van der Waals surface area contributed by atoms with Gasteiger partial charge < -0.3 is 15.6 Å². The maximum absolute atomic E-state index is 11.9. The third kappa shape index (κ3) is 2.65. The lowest BCUT2D eigenvalue weighted by Crippen LogP contribution is -2.44. The van der Waals surface area contributed by atoms with Crippen molar-refractivity contribution in [3.63, 3.8) is 0 Å². The minimum absolute atomic E-state index is 0.111. The standard InChI is InChI=1S/C13H19NO3/c1-10-3-5-11(6-4-10)13(9-14,7-8-15)12(16)17-2/h3-6,15H,7-9,14H2,1-2H3. The van der Waals surface area contributed by atoms with Gasteiger partial charge in [0.25, 0.3) is 0 Å². The van der Waals surface area contributed by atoms with Crippen molar-refractivity contribution in [2.24, 2.45) is 5.73 Å². The maximum atomic E-state index is 11.9. The first-order chi connectivity index (χ1) is 8.10. The van der Waals surface area contributed by atoms with Crippen molar-refractivity contribution in [3.05, 3.63) is 35.4 Å². The molecule has 0 heterocycles. The summed E-state index contributed by atoms with van der Waals surface area (Å²) >= 11 is 0. The van der Waals surface area contributed by atoms with Crippen LogP contribution in [0.25, 0.3) is 0 Å². The lowest BCUT2D eigenvalue weighted by molar-refractivity contribution is -0.148. The third-order valence-corrected chi connectivity index (χ3v) is 3.07. The van der Waals surface area contributed by atoms with Crippen LogP contribution < -0.4 is 5.73 Å². The molecule has 4 nitrogen and oxygen atoms in total. The number of hydrogen-bond acceptors (Lipinski definition) is 4. The highest BCUT2D eigenvalue weighted by Crippen LogP contribution is 2.28. The minimum Gasteiger partial charge on any atom is -0.468 e. The lowest BCUT2D eigenvalue weighted by Gasteiger charge is -2.29. The number of esters is 1. The highest BCUT2D eigenvalue weighted by molar-refractivity contribution is 5.83. The van der Waals surface area contributed by atoms with Crippen LogP contribution in [0.4, 0.5) is 0 Å². The van der Waals surface area contributed by atoms with Crippen LogP contribution in [0.15, 0.2) is 24.3 Å². The van der Waals surface area contributed by atoms with Crippen molar-refractivity contribution in [1.29, 1.82) is 0 Å². The van der Waals surface area contributed by atoms with Gasteiger partial charge in [0.15, 0.2) is 0 Å². The van der Waals surface area contributed by atoms with E-state index in [-0.39, 0.29) is 19.6 Å². The maximum Gasteiger partial charge on any atom is 0.317 e. The van der Waals surface area contributed by atoms with E-state index < -0.39 is 11.4 Å². The van der Waals surface area contributed by atoms with Gasteiger partial charge in [-0.15, -0.1) is 0 Å². The van der Waals surface area contributed by atoms with Crippen LogP contribution in [0.1, 0.15) is 17.5 Å². The van der Waals surface area contributed by atoms with Gasteiger partial charge in [-0.3, -0.25) is 4.79 Å². The molecule has 0 fully saturated rings. The molecule has 0 aliphatic carbocycles. The van der Waals surface area contributed by atoms with Gasteiger partial charge in [0.2, 0.25) is 0 Å². The molecule has 0 amide bonds. The number of hydrogen-bond donors (Lipinski definition) is 2. The molecule has 3 N–H and O–H groups in total. The smallest absolute Gasteiger partial charge is 0.317 e. The number of methoxy groups -OCH3 is 1. The van der Waals surface area contributed by atoms with E-state index >= 15 is 0 Å². The Morgan fingerprint density at radius 3 is 2.41 bits per heavy atom. The van der Waals surface area contributed by atoms with Crippen LogP contribution in [0.3, 0.4) is 0 Å². The quantitative estimate of drug-likeness (QED) is 0.741. The van der Waals surface area contributed by atoms with Gasteiger partial charge in [0, 0.05) is 13.2 Å². The first-order valence-electron chi connectivity index (χ1n) is 5.57. The van der Waals surface area contributed by atoms with E-state index in [4.69, 9.17) is 15.6 Å². The van der Waals surface area contributed by atoms with Gasteiger partial charge in [-0.25, -0.2) is 0 Å². The largest absolute Gasteiger partial charge is 0.468 e. The number of carbonyl (C=O) groups is 1. The Morgan fingerprint density at radius 2 is 2.00 bits per heavy atom. The summed E-state index contributed by atoms with van der Waals surface area (Å²) in [5.74, 6) is -0.405. The second-order valence-electron chi connectivity index (χ2n) is 4.12. The zero-order valence-corrected chi connectivity index (χ0v) is 10.3. The fourth-order valence-electron chi connectivity index (χ4n) is 1.93. The van der Waals surface area contributed by atoms with E-state index in [0.717, 1.165) is 11.1 Å². The summed E-state index contributed by atoms with van der Waals surface area (Å²) in [6.45, 7) is 1.97. The second-order valence-corrected chi connectivity index (χ2v) is 4.12. The van der Waals surface area contributed by atoms with Crippen molar-refractivity contribution in [2.45, 2.75) is 18.8 Å². The first kappa shape index (κ1) is 13.7. The Kier molecular flexibility index (Phi) is 4.66. The van der Waals surface area contributed by atoms with Gasteiger partial charge in [0.05, 0.1) is 7.11 Å². The number of nitrogens with two attached hydrogens (primary N) is 1. The number of aliphatic hydroxyl groups excluding tert-OH is 1.